The van der Waals surface area contributed by atoms with Crippen LogP contribution in [0.3, 0.4) is 0 Å². The predicted molar refractivity (Wildman–Crippen MR) is 135 cm³/mol. The first-order valence-electron chi connectivity index (χ1n) is 12.8. The van der Waals surface area contributed by atoms with Crippen LogP contribution in [-0.4, -0.2) is 106 Å². The van der Waals surface area contributed by atoms with Crippen LogP contribution in [0.2, 0.25) is 0 Å². The van der Waals surface area contributed by atoms with Crippen LogP contribution in [0.25, 0.3) is 0 Å². The van der Waals surface area contributed by atoms with E-state index in [1.54, 1.807) is 0 Å². The van der Waals surface area contributed by atoms with Crippen LogP contribution in [0, 0.1) is 0 Å². The lowest BCUT2D eigenvalue weighted by atomic mass is 10.00. The van der Waals surface area contributed by atoms with Crippen LogP contribution in [0.15, 0.2) is 0 Å². The Morgan fingerprint density at radius 1 is 0.811 bits per heavy atom. The second kappa shape index (κ2) is 19.4. The highest BCUT2D eigenvalue weighted by atomic mass is 16.4. The van der Waals surface area contributed by atoms with Gasteiger partial charge in [-0.25, -0.2) is 4.79 Å². The number of amides is 1. The number of carboxylic acid groups (broad SMARTS) is 4. The molecule has 2 unspecified atom stereocenters. The minimum atomic E-state index is -1.98. The van der Waals surface area contributed by atoms with Crippen molar-refractivity contribution in [2.45, 2.75) is 83.2 Å². The van der Waals surface area contributed by atoms with Gasteiger partial charge < -0.3 is 31.1 Å². The van der Waals surface area contributed by atoms with E-state index in [0.29, 0.717) is 6.54 Å². The zero-order valence-corrected chi connectivity index (χ0v) is 22.0. The highest BCUT2D eigenvalue weighted by molar-refractivity contribution is 6.06. The number of unbranched alkanes of at least 4 members (excludes halogenated alkanes) is 7. The molecule has 0 rings (SSSR count). The summed E-state index contributed by atoms with van der Waals surface area (Å²) in [7, 11) is 0. The van der Waals surface area contributed by atoms with Gasteiger partial charge in [-0.2, -0.15) is 0 Å². The van der Waals surface area contributed by atoms with Crippen LogP contribution >= 0.6 is 0 Å². The molecule has 0 aliphatic carbocycles. The number of hydrogen-bond donors (Lipinski definition) is 7. The van der Waals surface area contributed by atoms with Crippen molar-refractivity contribution in [1.82, 2.24) is 20.9 Å². The lowest BCUT2D eigenvalue weighted by Crippen LogP contribution is -2.62. The molecule has 0 spiro atoms. The first-order chi connectivity index (χ1) is 17.4. The van der Waals surface area contributed by atoms with Gasteiger partial charge >= 0.3 is 23.9 Å². The molecule has 0 heterocycles. The molecule has 0 aliphatic rings. The monoisotopic (exact) mass is 532 g/mol. The van der Waals surface area contributed by atoms with Crippen molar-refractivity contribution in [3.05, 3.63) is 0 Å². The molecule has 0 aromatic carbocycles. The standard InChI is InChI=1S/C24H44N4O9/c1-3-4-5-6-7-8-9-10-12-25-22(35)24(2,23(36)37)27-14-18(26-15-19(29)30)11-13-28(16-20(31)32)17-21(33)34/h18,26-27H,3-17H2,1-2H3,(H,25,35)(H,29,30)(H,31,32)(H,33,34)(H,36,37). The number of hydrogen-bond acceptors (Lipinski definition) is 8. The topological polar surface area (TPSA) is 206 Å². The Morgan fingerprint density at radius 3 is 1.84 bits per heavy atom. The fraction of sp³-hybridized carbons (Fsp3) is 0.792. The number of aliphatic carboxylic acids is 4. The number of nitrogens with zero attached hydrogens (tertiary/aromatic N) is 1. The molecule has 37 heavy (non-hydrogen) atoms. The van der Waals surface area contributed by atoms with Crippen molar-refractivity contribution in [3.63, 3.8) is 0 Å². The average Bonchev–Trinajstić information content (AvgIpc) is 2.80. The Bertz CT molecular complexity index is 719. The third-order valence-electron chi connectivity index (χ3n) is 5.95. The maximum Gasteiger partial charge on any atom is 0.333 e. The summed E-state index contributed by atoms with van der Waals surface area (Å²) in [5.41, 5.74) is -1.98. The molecule has 0 radical (unpaired) electrons. The Balaban J connectivity index is 4.91. The molecule has 0 saturated heterocycles. The molecular weight excluding hydrogens is 488 g/mol. The summed E-state index contributed by atoms with van der Waals surface area (Å²) >= 11 is 0. The highest BCUT2D eigenvalue weighted by Crippen LogP contribution is 2.09. The zero-order chi connectivity index (χ0) is 28.3. The van der Waals surface area contributed by atoms with Gasteiger partial charge in [-0.1, -0.05) is 51.9 Å². The summed E-state index contributed by atoms with van der Waals surface area (Å²) in [5.74, 6) is -5.74. The summed E-state index contributed by atoms with van der Waals surface area (Å²) in [6, 6.07) is -0.680. The lowest BCUT2D eigenvalue weighted by molar-refractivity contribution is -0.150. The summed E-state index contributed by atoms with van der Waals surface area (Å²) in [6.45, 7) is 2.05. The Morgan fingerprint density at radius 2 is 1.35 bits per heavy atom. The molecular formula is C24H44N4O9. The number of nitrogens with one attached hydrogen (secondary N) is 3. The van der Waals surface area contributed by atoms with Gasteiger partial charge in [-0.3, -0.25) is 29.4 Å². The van der Waals surface area contributed by atoms with E-state index >= 15 is 0 Å². The maximum absolute atomic E-state index is 12.7. The Hall–Kier alpha value is -2.77. The molecule has 13 nitrogen and oxygen atoms in total. The van der Waals surface area contributed by atoms with Gasteiger partial charge in [-0.15, -0.1) is 0 Å². The first-order valence-corrected chi connectivity index (χ1v) is 12.8. The molecule has 0 aromatic heterocycles. The third kappa shape index (κ3) is 16.6. The summed E-state index contributed by atoms with van der Waals surface area (Å²) < 4.78 is 0. The minimum Gasteiger partial charge on any atom is -0.480 e. The quantitative estimate of drug-likeness (QED) is 0.0673. The van der Waals surface area contributed by atoms with E-state index in [-0.39, 0.29) is 19.5 Å². The fourth-order valence-corrected chi connectivity index (χ4v) is 3.66. The van der Waals surface area contributed by atoms with E-state index in [4.69, 9.17) is 15.3 Å². The Kier molecular flexibility index (Phi) is 17.9. The van der Waals surface area contributed by atoms with Crippen molar-refractivity contribution >= 4 is 29.8 Å². The number of carboxylic acids is 4. The predicted octanol–water partition coefficient (Wildman–Crippen LogP) is 0.580. The molecule has 7 N–H and O–H groups in total. The molecule has 0 bridgehead atoms. The van der Waals surface area contributed by atoms with E-state index in [2.05, 4.69) is 22.9 Å². The minimum absolute atomic E-state index is 0.00794. The summed E-state index contributed by atoms with van der Waals surface area (Å²) in [6.07, 6.45) is 8.75. The van der Waals surface area contributed by atoms with Crippen LogP contribution in [0.4, 0.5) is 0 Å². The van der Waals surface area contributed by atoms with E-state index < -0.39 is 61.0 Å². The normalized spacial score (nSPS) is 13.6. The SMILES string of the molecule is CCCCCCCCCCNC(=O)C(C)(NCC(CCN(CC(=O)O)CC(=O)O)NCC(=O)O)C(=O)O. The summed E-state index contributed by atoms with van der Waals surface area (Å²) in [5, 5.41) is 44.7. The molecule has 0 fully saturated rings. The third-order valence-corrected chi connectivity index (χ3v) is 5.95. The number of carbonyl (C=O) groups excluding carboxylic acids is 1. The average molecular weight is 533 g/mol. The largest absolute Gasteiger partial charge is 0.480 e. The molecule has 1 amide bonds. The van der Waals surface area contributed by atoms with Gasteiger partial charge in [0, 0.05) is 25.7 Å². The van der Waals surface area contributed by atoms with Crippen molar-refractivity contribution in [1.29, 1.82) is 0 Å². The van der Waals surface area contributed by atoms with Crippen molar-refractivity contribution in [2.75, 3.05) is 39.3 Å². The second-order valence-corrected chi connectivity index (χ2v) is 9.30. The molecule has 0 aromatic rings. The van der Waals surface area contributed by atoms with Crippen molar-refractivity contribution in [3.8, 4) is 0 Å². The van der Waals surface area contributed by atoms with Gasteiger partial charge in [-0.05, 0) is 19.8 Å². The van der Waals surface area contributed by atoms with Crippen LogP contribution in [0.5, 0.6) is 0 Å². The zero-order valence-electron chi connectivity index (χ0n) is 22.0. The van der Waals surface area contributed by atoms with E-state index in [1.807, 2.05) is 0 Å². The van der Waals surface area contributed by atoms with Gasteiger partial charge in [0.15, 0.2) is 5.54 Å². The molecule has 0 saturated carbocycles. The maximum atomic E-state index is 12.7. The number of carbonyl (C=O) groups is 5. The lowest BCUT2D eigenvalue weighted by Gasteiger charge is -2.29. The van der Waals surface area contributed by atoms with Crippen LogP contribution < -0.4 is 16.0 Å². The van der Waals surface area contributed by atoms with Crippen LogP contribution in [-0.2, 0) is 24.0 Å². The number of rotatable bonds is 24. The highest BCUT2D eigenvalue weighted by Gasteiger charge is 2.41. The van der Waals surface area contributed by atoms with Gasteiger partial charge in [0.1, 0.15) is 0 Å². The van der Waals surface area contributed by atoms with Gasteiger partial charge in [0.05, 0.1) is 19.6 Å². The van der Waals surface area contributed by atoms with Crippen molar-refractivity contribution in [2.24, 2.45) is 0 Å². The summed E-state index contributed by atoms with van der Waals surface area (Å²) in [4.78, 5) is 58.8. The Labute approximate surface area is 218 Å². The van der Waals surface area contributed by atoms with Gasteiger partial charge in [0.2, 0.25) is 0 Å². The van der Waals surface area contributed by atoms with Crippen LogP contribution in [0.1, 0.15) is 71.6 Å². The fourth-order valence-electron chi connectivity index (χ4n) is 3.66. The van der Waals surface area contributed by atoms with E-state index in [9.17, 15) is 29.1 Å². The smallest absolute Gasteiger partial charge is 0.333 e. The van der Waals surface area contributed by atoms with E-state index in [0.717, 1.165) is 30.6 Å². The molecule has 214 valence electrons. The van der Waals surface area contributed by atoms with Crippen molar-refractivity contribution < 1.29 is 44.4 Å². The van der Waals surface area contributed by atoms with Gasteiger partial charge in [0.25, 0.3) is 5.91 Å². The molecule has 13 heteroatoms. The molecule has 2 atom stereocenters. The van der Waals surface area contributed by atoms with E-state index in [1.165, 1.54) is 32.6 Å². The molecule has 0 aliphatic heterocycles. The second-order valence-electron chi connectivity index (χ2n) is 9.30. The first kappa shape index (κ1) is 34.2.